The second kappa shape index (κ2) is 5.62. The lowest BCUT2D eigenvalue weighted by atomic mass is 10.1. The highest BCUT2D eigenvalue weighted by atomic mass is 16.4. The third kappa shape index (κ3) is 2.98. The molecule has 1 aromatic heterocycles. The van der Waals surface area contributed by atoms with Crippen LogP contribution in [0.25, 0.3) is 0 Å². The molecule has 7 heteroatoms. The summed E-state index contributed by atoms with van der Waals surface area (Å²) < 4.78 is 1.72. The molecule has 1 saturated heterocycles. The highest BCUT2D eigenvalue weighted by molar-refractivity contribution is 5.77. The van der Waals surface area contributed by atoms with Crippen LogP contribution in [-0.2, 0) is 16.0 Å². The van der Waals surface area contributed by atoms with Crippen molar-refractivity contribution in [3.63, 3.8) is 0 Å². The van der Waals surface area contributed by atoms with E-state index in [1.165, 1.54) is 0 Å². The molecule has 0 bridgehead atoms. The first-order chi connectivity index (χ1) is 9.38. The van der Waals surface area contributed by atoms with Crippen LogP contribution in [0.15, 0.2) is 0 Å². The van der Waals surface area contributed by atoms with Crippen LogP contribution in [0, 0.1) is 13.8 Å². The number of aromatic nitrogens is 2. The molecule has 20 heavy (non-hydrogen) atoms. The van der Waals surface area contributed by atoms with Gasteiger partial charge in [0.15, 0.2) is 6.29 Å². The lowest BCUT2D eigenvalue weighted by molar-refractivity contribution is -0.137. The first-order valence-corrected chi connectivity index (χ1v) is 6.70. The highest BCUT2D eigenvalue weighted by Crippen LogP contribution is 2.19. The van der Waals surface area contributed by atoms with Gasteiger partial charge in [-0.2, -0.15) is 5.10 Å². The number of carboxylic acid groups (broad SMARTS) is 1. The summed E-state index contributed by atoms with van der Waals surface area (Å²) in [7, 11) is 0. The zero-order chi connectivity index (χ0) is 14.9. The summed E-state index contributed by atoms with van der Waals surface area (Å²) >= 11 is 0. The van der Waals surface area contributed by atoms with Crippen LogP contribution in [0.2, 0.25) is 0 Å². The fraction of sp³-hybridized carbons (Fsp3) is 0.615. The van der Waals surface area contributed by atoms with E-state index >= 15 is 0 Å². The molecule has 1 aliphatic heterocycles. The fourth-order valence-corrected chi connectivity index (χ4v) is 2.53. The van der Waals surface area contributed by atoms with E-state index in [0.717, 1.165) is 17.0 Å². The van der Waals surface area contributed by atoms with Gasteiger partial charge in [0, 0.05) is 24.6 Å². The van der Waals surface area contributed by atoms with Crippen LogP contribution in [-0.4, -0.2) is 32.8 Å². The molecular formula is C13H20N4O3. The van der Waals surface area contributed by atoms with E-state index in [1.807, 2.05) is 20.8 Å². The van der Waals surface area contributed by atoms with Crippen molar-refractivity contribution in [1.29, 1.82) is 0 Å². The summed E-state index contributed by atoms with van der Waals surface area (Å²) in [5.74, 6) is -0.838. The number of aryl methyl sites for hydroxylation is 1. The highest BCUT2D eigenvalue weighted by Gasteiger charge is 2.26. The first kappa shape index (κ1) is 14.5. The standard InChI is InChI=1S/C13H20N4O3/c1-7-6-11(18)15-13(14-7)17-9(3)10(8(2)16-17)4-5-12(19)20/h7,13-14H,4-6H2,1-3H3,(H,15,18)(H,19,20). The molecule has 0 radical (unpaired) electrons. The monoisotopic (exact) mass is 280 g/mol. The Morgan fingerprint density at radius 1 is 1.50 bits per heavy atom. The molecular weight excluding hydrogens is 260 g/mol. The van der Waals surface area contributed by atoms with Crippen molar-refractivity contribution in [3.8, 4) is 0 Å². The van der Waals surface area contributed by atoms with Gasteiger partial charge in [0.25, 0.3) is 0 Å². The van der Waals surface area contributed by atoms with Gasteiger partial charge < -0.3 is 10.4 Å². The van der Waals surface area contributed by atoms with Crippen molar-refractivity contribution in [3.05, 3.63) is 17.0 Å². The Labute approximate surface area is 117 Å². The van der Waals surface area contributed by atoms with Crippen molar-refractivity contribution in [1.82, 2.24) is 20.4 Å². The van der Waals surface area contributed by atoms with Crippen molar-refractivity contribution in [2.24, 2.45) is 0 Å². The van der Waals surface area contributed by atoms with Crippen molar-refractivity contribution < 1.29 is 14.7 Å². The van der Waals surface area contributed by atoms with E-state index < -0.39 is 5.97 Å². The van der Waals surface area contributed by atoms with E-state index in [-0.39, 0.29) is 24.7 Å². The lowest BCUT2D eigenvalue weighted by Gasteiger charge is -2.30. The number of aliphatic carboxylic acids is 1. The largest absolute Gasteiger partial charge is 0.481 e. The van der Waals surface area contributed by atoms with E-state index in [9.17, 15) is 9.59 Å². The molecule has 2 atom stereocenters. The molecule has 1 aliphatic rings. The average molecular weight is 280 g/mol. The topological polar surface area (TPSA) is 96.3 Å². The molecule has 2 heterocycles. The summed E-state index contributed by atoms with van der Waals surface area (Å²) in [4.78, 5) is 22.3. The third-order valence-corrected chi connectivity index (χ3v) is 3.54. The van der Waals surface area contributed by atoms with Gasteiger partial charge in [-0.3, -0.25) is 14.9 Å². The molecule has 1 aromatic rings. The SMILES string of the molecule is Cc1nn(C2NC(=O)CC(C)N2)c(C)c1CCC(=O)O. The number of carbonyl (C=O) groups is 2. The molecule has 110 valence electrons. The van der Waals surface area contributed by atoms with E-state index in [0.29, 0.717) is 12.8 Å². The summed E-state index contributed by atoms with van der Waals surface area (Å²) in [6, 6.07) is 0.0834. The average Bonchev–Trinajstić information content (AvgIpc) is 2.61. The maximum atomic E-state index is 11.6. The number of carbonyl (C=O) groups excluding carboxylic acids is 1. The number of hydrogen-bond acceptors (Lipinski definition) is 4. The van der Waals surface area contributed by atoms with Gasteiger partial charge in [-0.15, -0.1) is 0 Å². The summed E-state index contributed by atoms with van der Waals surface area (Å²) in [6.07, 6.45) is 0.600. The minimum Gasteiger partial charge on any atom is -0.481 e. The zero-order valence-electron chi connectivity index (χ0n) is 11.9. The van der Waals surface area contributed by atoms with Gasteiger partial charge in [0.1, 0.15) is 0 Å². The molecule has 7 nitrogen and oxygen atoms in total. The molecule has 0 saturated carbocycles. The summed E-state index contributed by atoms with van der Waals surface area (Å²) in [5, 5.41) is 19.3. The van der Waals surface area contributed by atoms with Gasteiger partial charge in [-0.25, -0.2) is 4.68 Å². The minimum atomic E-state index is -0.825. The zero-order valence-corrected chi connectivity index (χ0v) is 11.9. The molecule has 0 spiro atoms. The van der Waals surface area contributed by atoms with Crippen LogP contribution < -0.4 is 10.6 Å². The normalized spacial score (nSPS) is 22.6. The maximum absolute atomic E-state index is 11.6. The van der Waals surface area contributed by atoms with E-state index in [1.54, 1.807) is 4.68 Å². The number of nitrogens with zero attached hydrogens (tertiary/aromatic N) is 2. The Kier molecular flexibility index (Phi) is 4.08. The lowest BCUT2D eigenvalue weighted by Crippen LogP contribution is -2.52. The molecule has 1 amide bonds. The van der Waals surface area contributed by atoms with Crippen LogP contribution in [0.5, 0.6) is 0 Å². The predicted octanol–water partition coefficient (Wildman–Crippen LogP) is 0.471. The Morgan fingerprint density at radius 2 is 2.20 bits per heavy atom. The van der Waals surface area contributed by atoms with Crippen molar-refractivity contribution in [2.45, 2.75) is 52.4 Å². The van der Waals surface area contributed by atoms with Gasteiger partial charge in [-0.05, 0) is 32.8 Å². The molecule has 0 aliphatic carbocycles. The van der Waals surface area contributed by atoms with Gasteiger partial charge in [0.05, 0.1) is 5.69 Å². The second-order valence-electron chi connectivity index (χ2n) is 5.23. The van der Waals surface area contributed by atoms with Gasteiger partial charge >= 0.3 is 5.97 Å². The Hall–Kier alpha value is -1.89. The molecule has 3 N–H and O–H groups in total. The molecule has 2 unspecified atom stereocenters. The first-order valence-electron chi connectivity index (χ1n) is 6.70. The molecule has 1 fully saturated rings. The number of carboxylic acids is 1. The third-order valence-electron chi connectivity index (χ3n) is 3.54. The number of nitrogens with one attached hydrogen (secondary N) is 2. The number of hydrogen-bond donors (Lipinski definition) is 3. The quantitative estimate of drug-likeness (QED) is 0.745. The van der Waals surface area contributed by atoms with Gasteiger partial charge in [0.2, 0.25) is 5.91 Å². The second-order valence-corrected chi connectivity index (χ2v) is 5.23. The maximum Gasteiger partial charge on any atom is 0.303 e. The Bertz CT molecular complexity index is 538. The predicted molar refractivity (Wildman–Crippen MR) is 72.1 cm³/mol. The summed E-state index contributed by atoms with van der Waals surface area (Å²) in [5.41, 5.74) is 2.62. The number of rotatable bonds is 4. The van der Waals surface area contributed by atoms with Crippen LogP contribution in [0.3, 0.4) is 0 Å². The smallest absolute Gasteiger partial charge is 0.303 e. The molecule has 2 rings (SSSR count). The van der Waals surface area contributed by atoms with Gasteiger partial charge in [-0.1, -0.05) is 0 Å². The van der Waals surface area contributed by atoms with Crippen LogP contribution in [0.4, 0.5) is 0 Å². The van der Waals surface area contributed by atoms with E-state index in [4.69, 9.17) is 5.11 Å². The Balaban J connectivity index is 2.22. The van der Waals surface area contributed by atoms with Crippen LogP contribution in [0.1, 0.15) is 43.0 Å². The van der Waals surface area contributed by atoms with E-state index in [2.05, 4.69) is 15.7 Å². The van der Waals surface area contributed by atoms with Crippen molar-refractivity contribution >= 4 is 11.9 Å². The molecule has 0 aromatic carbocycles. The van der Waals surface area contributed by atoms with Crippen molar-refractivity contribution in [2.75, 3.05) is 0 Å². The Morgan fingerprint density at radius 3 is 2.80 bits per heavy atom. The van der Waals surface area contributed by atoms with Crippen LogP contribution >= 0.6 is 0 Å². The minimum absolute atomic E-state index is 0.0131. The summed E-state index contributed by atoms with van der Waals surface area (Å²) in [6.45, 7) is 5.70. The number of amides is 1. The fourth-order valence-electron chi connectivity index (χ4n) is 2.53.